The number of anilines is 1. The highest BCUT2D eigenvalue weighted by molar-refractivity contribution is 6.39. The maximum atomic E-state index is 13.1. The quantitative estimate of drug-likeness (QED) is 0.242. The fourth-order valence-corrected chi connectivity index (χ4v) is 3.46. The number of benzene rings is 3. The van der Waals surface area contributed by atoms with Crippen LogP contribution in [-0.2, 0) is 16.2 Å². The van der Waals surface area contributed by atoms with Crippen molar-refractivity contribution in [3.05, 3.63) is 105 Å². The number of nitro groups is 1. The molecule has 0 aliphatic carbocycles. The van der Waals surface area contributed by atoms with Gasteiger partial charge in [-0.2, -0.15) is 0 Å². The van der Waals surface area contributed by atoms with E-state index in [0.29, 0.717) is 16.3 Å². The van der Waals surface area contributed by atoms with E-state index in [9.17, 15) is 24.5 Å². The molecule has 4 rings (SSSR count). The third kappa shape index (κ3) is 4.64. The van der Waals surface area contributed by atoms with Crippen molar-refractivity contribution >= 4 is 46.9 Å². The predicted octanol–water partition coefficient (Wildman–Crippen LogP) is 4.49. The standard InChI is InChI=1S/C24H16ClN3O6/c25-20-7-3-1-6-16(20)14-34-21-8-4-2-5-15(21)13-19-22(29)26-24(31)27(23(19)30)17-9-11-18(12-10-17)28(32)33/h1-13H,14H2,(H,26,29,31)/b19-13-. The second-order valence-corrected chi connectivity index (χ2v) is 7.56. The first-order valence-electron chi connectivity index (χ1n) is 9.96. The van der Waals surface area contributed by atoms with Crippen LogP contribution in [0.4, 0.5) is 16.2 Å². The number of nitro benzene ring substituents is 1. The topological polar surface area (TPSA) is 119 Å². The van der Waals surface area contributed by atoms with Crippen molar-refractivity contribution in [2.24, 2.45) is 0 Å². The molecule has 10 heteroatoms. The Bertz CT molecular complexity index is 1340. The number of ether oxygens (including phenoxy) is 1. The Balaban J connectivity index is 1.63. The van der Waals surface area contributed by atoms with Gasteiger partial charge in [0.25, 0.3) is 17.5 Å². The van der Waals surface area contributed by atoms with Gasteiger partial charge in [0.1, 0.15) is 17.9 Å². The lowest BCUT2D eigenvalue weighted by Crippen LogP contribution is -2.54. The van der Waals surface area contributed by atoms with Crippen LogP contribution in [0.25, 0.3) is 6.08 Å². The maximum absolute atomic E-state index is 13.1. The van der Waals surface area contributed by atoms with Gasteiger partial charge >= 0.3 is 6.03 Å². The van der Waals surface area contributed by atoms with Crippen LogP contribution in [-0.4, -0.2) is 22.8 Å². The number of nitrogens with one attached hydrogen (secondary N) is 1. The van der Waals surface area contributed by atoms with Crippen molar-refractivity contribution in [3.63, 3.8) is 0 Å². The summed E-state index contributed by atoms with van der Waals surface area (Å²) in [4.78, 5) is 49.0. The Labute approximate surface area is 198 Å². The van der Waals surface area contributed by atoms with Gasteiger partial charge in [0.2, 0.25) is 0 Å². The smallest absolute Gasteiger partial charge is 0.335 e. The number of amides is 4. The molecule has 9 nitrogen and oxygen atoms in total. The van der Waals surface area contributed by atoms with Gasteiger partial charge in [-0.1, -0.05) is 48.0 Å². The van der Waals surface area contributed by atoms with Gasteiger partial charge < -0.3 is 4.74 Å². The molecule has 1 aliphatic heterocycles. The molecule has 3 aromatic rings. The number of rotatable bonds is 6. The fraction of sp³-hybridized carbons (Fsp3) is 0.0417. The molecule has 3 aromatic carbocycles. The summed E-state index contributed by atoms with van der Waals surface area (Å²) in [5, 5.41) is 13.5. The van der Waals surface area contributed by atoms with E-state index < -0.39 is 22.8 Å². The van der Waals surface area contributed by atoms with Gasteiger partial charge in [0.15, 0.2) is 0 Å². The lowest BCUT2D eigenvalue weighted by molar-refractivity contribution is -0.384. The molecular weight excluding hydrogens is 462 g/mol. The molecule has 34 heavy (non-hydrogen) atoms. The summed E-state index contributed by atoms with van der Waals surface area (Å²) in [5.74, 6) is -1.34. The number of halogens is 1. The van der Waals surface area contributed by atoms with Crippen LogP contribution < -0.4 is 15.0 Å². The summed E-state index contributed by atoms with van der Waals surface area (Å²) >= 11 is 6.17. The van der Waals surface area contributed by atoms with Crippen molar-refractivity contribution in [2.45, 2.75) is 6.61 Å². The number of hydrogen-bond acceptors (Lipinski definition) is 6. The molecule has 0 bridgehead atoms. The SMILES string of the molecule is O=C1NC(=O)N(c2ccc([N+](=O)[O-])cc2)C(=O)/C1=C\c1ccccc1OCc1ccccc1Cl. The Morgan fingerprint density at radius 1 is 0.971 bits per heavy atom. The largest absolute Gasteiger partial charge is 0.488 e. The van der Waals surface area contributed by atoms with Crippen molar-refractivity contribution < 1.29 is 24.0 Å². The first-order chi connectivity index (χ1) is 16.3. The minimum atomic E-state index is -0.954. The zero-order valence-electron chi connectivity index (χ0n) is 17.4. The van der Waals surface area contributed by atoms with E-state index in [1.54, 1.807) is 36.4 Å². The van der Waals surface area contributed by atoms with Gasteiger partial charge in [-0.15, -0.1) is 0 Å². The predicted molar refractivity (Wildman–Crippen MR) is 124 cm³/mol. The fourth-order valence-electron chi connectivity index (χ4n) is 3.27. The zero-order valence-corrected chi connectivity index (χ0v) is 18.2. The minimum Gasteiger partial charge on any atom is -0.488 e. The number of nitrogens with zero attached hydrogens (tertiary/aromatic N) is 2. The van der Waals surface area contributed by atoms with Gasteiger partial charge in [-0.05, 0) is 30.3 Å². The number of barbiturate groups is 1. The first kappa shape index (κ1) is 22.7. The average Bonchev–Trinajstić information content (AvgIpc) is 2.82. The number of hydrogen-bond donors (Lipinski definition) is 1. The van der Waals surface area contributed by atoms with Gasteiger partial charge in [-0.25, -0.2) is 9.69 Å². The molecule has 1 heterocycles. The summed E-state index contributed by atoms with van der Waals surface area (Å²) in [6.45, 7) is 0.160. The minimum absolute atomic E-state index is 0.0785. The highest BCUT2D eigenvalue weighted by atomic mass is 35.5. The molecular formula is C24H16ClN3O6. The summed E-state index contributed by atoms with van der Waals surface area (Å²) < 4.78 is 5.87. The molecule has 0 spiro atoms. The van der Waals surface area contributed by atoms with Crippen molar-refractivity contribution in [3.8, 4) is 5.75 Å². The number of para-hydroxylation sites is 1. The Morgan fingerprint density at radius 2 is 1.65 bits per heavy atom. The van der Waals surface area contributed by atoms with Crippen LogP contribution in [0.3, 0.4) is 0 Å². The lowest BCUT2D eigenvalue weighted by Gasteiger charge is -2.26. The Morgan fingerprint density at radius 3 is 2.35 bits per heavy atom. The number of urea groups is 1. The number of imide groups is 2. The third-order valence-electron chi connectivity index (χ3n) is 4.98. The molecule has 0 radical (unpaired) electrons. The normalized spacial score (nSPS) is 14.8. The van der Waals surface area contributed by atoms with E-state index in [-0.39, 0.29) is 23.6 Å². The zero-order chi connectivity index (χ0) is 24.2. The number of carbonyl (C=O) groups is 3. The van der Waals surface area contributed by atoms with Crippen molar-refractivity contribution in [1.29, 1.82) is 0 Å². The highest BCUT2D eigenvalue weighted by Crippen LogP contribution is 2.27. The van der Waals surface area contributed by atoms with E-state index in [1.165, 1.54) is 18.2 Å². The van der Waals surface area contributed by atoms with Crippen molar-refractivity contribution in [2.75, 3.05) is 4.90 Å². The Hall–Kier alpha value is -4.50. The molecule has 1 aliphatic rings. The molecule has 170 valence electrons. The number of non-ortho nitro benzene ring substituents is 1. The molecule has 1 saturated heterocycles. The Kier molecular flexibility index (Phi) is 6.37. The second-order valence-electron chi connectivity index (χ2n) is 7.15. The maximum Gasteiger partial charge on any atom is 0.335 e. The van der Waals surface area contributed by atoms with E-state index >= 15 is 0 Å². The van der Waals surface area contributed by atoms with Crippen LogP contribution in [0.1, 0.15) is 11.1 Å². The summed E-state index contributed by atoms with van der Waals surface area (Å²) in [5.41, 5.74) is 0.769. The van der Waals surface area contributed by atoms with Gasteiger partial charge in [-0.3, -0.25) is 25.0 Å². The van der Waals surface area contributed by atoms with Crippen molar-refractivity contribution in [1.82, 2.24) is 5.32 Å². The lowest BCUT2D eigenvalue weighted by atomic mass is 10.1. The molecule has 0 saturated carbocycles. The average molecular weight is 478 g/mol. The molecule has 0 aromatic heterocycles. The monoisotopic (exact) mass is 477 g/mol. The van der Waals surface area contributed by atoms with E-state index in [0.717, 1.165) is 22.6 Å². The van der Waals surface area contributed by atoms with Crippen LogP contribution >= 0.6 is 11.6 Å². The van der Waals surface area contributed by atoms with Crippen LogP contribution in [0.2, 0.25) is 5.02 Å². The van der Waals surface area contributed by atoms with Crippen LogP contribution in [0.5, 0.6) is 5.75 Å². The molecule has 4 amide bonds. The highest BCUT2D eigenvalue weighted by Gasteiger charge is 2.37. The molecule has 0 atom stereocenters. The molecule has 0 unspecified atom stereocenters. The van der Waals surface area contributed by atoms with Crippen LogP contribution in [0, 0.1) is 10.1 Å². The number of carbonyl (C=O) groups excluding carboxylic acids is 3. The van der Waals surface area contributed by atoms with E-state index in [4.69, 9.17) is 16.3 Å². The van der Waals surface area contributed by atoms with Gasteiger partial charge in [0, 0.05) is 28.3 Å². The van der Waals surface area contributed by atoms with E-state index in [1.807, 2.05) is 12.1 Å². The summed E-state index contributed by atoms with van der Waals surface area (Å²) in [7, 11) is 0. The third-order valence-corrected chi connectivity index (χ3v) is 5.35. The molecule has 1 N–H and O–H groups in total. The summed E-state index contributed by atoms with van der Waals surface area (Å²) in [6, 6.07) is 17.8. The summed E-state index contributed by atoms with van der Waals surface area (Å²) in [6.07, 6.45) is 1.32. The van der Waals surface area contributed by atoms with E-state index in [2.05, 4.69) is 5.32 Å². The molecule has 1 fully saturated rings. The van der Waals surface area contributed by atoms with Crippen LogP contribution in [0.15, 0.2) is 78.4 Å². The second kappa shape index (κ2) is 9.55. The first-order valence-corrected chi connectivity index (χ1v) is 10.3. The van der Waals surface area contributed by atoms with Gasteiger partial charge in [0.05, 0.1) is 10.6 Å².